The van der Waals surface area contributed by atoms with E-state index in [1.165, 1.54) is 22.5 Å². The summed E-state index contributed by atoms with van der Waals surface area (Å²) in [5, 5.41) is 12.0. The quantitative estimate of drug-likeness (QED) is 0.344. The maximum absolute atomic E-state index is 13.6. The molecule has 3 rings (SSSR count). The van der Waals surface area contributed by atoms with Gasteiger partial charge in [0.05, 0.1) is 29.4 Å². The van der Waals surface area contributed by atoms with Gasteiger partial charge in [-0.25, -0.2) is 8.42 Å². The molecule has 4 N–H and O–H groups in total. The summed E-state index contributed by atoms with van der Waals surface area (Å²) in [6.07, 6.45) is 3.92. The Morgan fingerprint density at radius 3 is 2.45 bits per heavy atom. The minimum Gasteiger partial charge on any atom is -0.493 e. The molecule has 1 aliphatic heterocycles. The number of piperazine rings is 1. The Bertz CT molecular complexity index is 1230. The van der Waals surface area contributed by atoms with Gasteiger partial charge in [-0.3, -0.25) is 14.5 Å². The minimum absolute atomic E-state index is 0.0165. The molecule has 1 aromatic carbocycles. The molecule has 0 radical (unpaired) electrons. The number of carbonyl (C=O) groups is 2. The van der Waals surface area contributed by atoms with Crippen LogP contribution in [0.1, 0.15) is 60.0 Å². The zero-order valence-electron chi connectivity index (χ0n) is 22.4. The van der Waals surface area contributed by atoms with E-state index in [9.17, 15) is 18.0 Å². The molecule has 11 nitrogen and oxygen atoms in total. The first-order valence-corrected chi connectivity index (χ1v) is 14.5. The molecule has 1 aliphatic rings. The first-order valence-electron chi connectivity index (χ1n) is 13.1. The van der Waals surface area contributed by atoms with E-state index in [0.717, 1.165) is 12.0 Å². The molecule has 0 unspecified atom stereocenters. The SMILES string of the molecule is CCCOc1ccc(S(=O)(=O)N2CCN(CCO)CC2)cc1[14C](=O)Nc1c(CCC)cn(CC)c1C(N)=O. The van der Waals surface area contributed by atoms with Crippen LogP contribution in [0.15, 0.2) is 29.3 Å². The average Bonchev–Trinajstić information content (AvgIpc) is 3.25. The number of aliphatic hydroxyl groups excluding tert-OH is 1. The fraction of sp³-hybridized carbons (Fsp3) is 0.538. The lowest BCUT2D eigenvalue weighted by Gasteiger charge is -2.33. The summed E-state index contributed by atoms with van der Waals surface area (Å²) < 4.78 is 35.8. The fourth-order valence-electron chi connectivity index (χ4n) is 4.58. The van der Waals surface area contributed by atoms with Crippen molar-refractivity contribution in [2.75, 3.05) is 51.3 Å². The Morgan fingerprint density at radius 2 is 1.87 bits per heavy atom. The second-order valence-corrected chi connectivity index (χ2v) is 11.1. The molecule has 2 amide bonds. The van der Waals surface area contributed by atoms with E-state index in [1.54, 1.807) is 4.57 Å². The number of anilines is 1. The van der Waals surface area contributed by atoms with Gasteiger partial charge in [0.15, 0.2) is 0 Å². The lowest BCUT2D eigenvalue weighted by Crippen LogP contribution is -2.49. The number of sulfonamides is 1. The highest BCUT2D eigenvalue weighted by atomic mass is 32.2. The zero-order chi connectivity index (χ0) is 27.9. The number of carbonyl (C=O) groups excluding carboxylic acids is 2. The fourth-order valence-corrected chi connectivity index (χ4v) is 6.02. The summed E-state index contributed by atoms with van der Waals surface area (Å²) in [5.74, 6) is -0.998. The van der Waals surface area contributed by atoms with Crippen molar-refractivity contribution < 1.29 is 27.9 Å². The topological polar surface area (TPSA) is 147 Å². The smallest absolute Gasteiger partial charge is 0.267 e. The van der Waals surface area contributed by atoms with Crippen LogP contribution in [0.3, 0.4) is 0 Å². The van der Waals surface area contributed by atoms with Crippen molar-refractivity contribution in [3.05, 3.63) is 41.2 Å². The van der Waals surface area contributed by atoms with Crippen molar-refractivity contribution in [1.82, 2.24) is 13.8 Å². The zero-order valence-corrected chi connectivity index (χ0v) is 23.2. The summed E-state index contributed by atoms with van der Waals surface area (Å²) in [6.45, 7) is 8.74. The number of rotatable bonds is 13. The molecule has 12 heteroatoms. The second kappa shape index (κ2) is 13.2. The number of nitrogens with two attached hydrogens (primary N) is 1. The summed E-state index contributed by atoms with van der Waals surface area (Å²) in [5.41, 5.74) is 7.03. The van der Waals surface area contributed by atoms with Gasteiger partial charge in [-0.1, -0.05) is 20.3 Å². The molecule has 1 fully saturated rings. The van der Waals surface area contributed by atoms with E-state index in [4.69, 9.17) is 15.6 Å². The van der Waals surface area contributed by atoms with Crippen molar-refractivity contribution in [1.29, 1.82) is 0 Å². The number of aliphatic hydroxyl groups is 1. The molecular formula is C26H39N5O6S. The van der Waals surface area contributed by atoms with Crippen LogP contribution in [-0.4, -0.2) is 85.0 Å². The normalized spacial score (nSPS) is 14.9. The van der Waals surface area contributed by atoms with E-state index in [2.05, 4.69) is 5.32 Å². The number of aryl methyl sites for hydroxylation is 2. The maximum atomic E-state index is 13.6. The summed E-state index contributed by atoms with van der Waals surface area (Å²) in [4.78, 5) is 27.9. The third kappa shape index (κ3) is 6.55. The van der Waals surface area contributed by atoms with Gasteiger partial charge in [-0.15, -0.1) is 0 Å². The number of benzene rings is 1. The van der Waals surface area contributed by atoms with Gasteiger partial charge < -0.3 is 25.5 Å². The molecule has 1 aromatic heterocycles. The molecule has 210 valence electrons. The van der Waals surface area contributed by atoms with Crippen LogP contribution >= 0.6 is 0 Å². The average molecular weight is 552 g/mol. The predicted molar refractivity (Wildman–Crippen MR) is 145 cm³/mol. The Kier molecular flexibility index (Phi) is 10.3. The molecule has 2 heterocycles. The number of β-amino-alcohol motifs (C(OH)–C–C–N with tert-alkyl or cyclic N) is 1. The number of aromatic nitrogens is 1. The molecule has 0 bridgehead atoms. The lowest BCUT2D eigenvalue weighted by atomic mass is 10.1. The van der Waals surface area contributed by atoms with Gasteiger partial charge in [-0.2, -0.15) is 4.31 Å². The number of hydrogen-bond donors (Lipinski definition) is 3. The van der Waals surface area contributed by atoms with Crippen LogP contribution in [0, 0.1) is 0 Å². The number of ether oxygens (including phenoxy) is 1. The highest BCUT2D eigenvalue weighted by Crippen LogP contribution is 2.30. The van der Waals surface area contributed by atoms with Crippen molar-refractivity contribution >= 4 is 27.5 Å². The third-order valence-electron chi connectivity index (χ3n) is 6.53. The molecule has 1 saturated heterocycles. The number of nitrogens with one attached hydrogen (secondary N) is 1. The number of amides is 2. The lowest BCUT2D eigenvalue weighted by molar-refractivity contribution is 0.0992. The molecule has 2 aromatic rings. The van der Waals surface area contributed by atoms with Gasteiger partial charge in [-0.05, 0) is 43.5 Å². The first-order chi connectivity index (χ1) is 18.2. The van der Waals surface area contributed by atoms with Crippen LogP contribution in [-0.2, 0) is 23.0 Å². The molecular weight excluding hydrogens is 512 g/mol. The molecule has 38 heavy (non-hydrogen) atoms. The third-order valence-corrected chi connectivity index (χ3v) is 8.43. The second-order valence-electron chi connectivity index (χ2n) is 9.21. The highest BCUT2D eigenvalue weighted by molar-refractivity contribution is 7.89. The predicted octanol–water partition coefficient (Wildman–Crippen LogP) is 1.90. The van der Waals surface area contributed by atoms with Crippen molar-refractivity contribution in [3.63, 3.8) is 0 Å². The molecule has 0 atom stereocenters. The van der Waals surface area contributed by atoms with E-state index < -0.39 is 21.8 Å². The summed E-state index contributed by atoms with van der Waals surface area (Å²) in [6, 6.07) is 4.27. The van der Waals surface area contributed by atoms with Gasteiger partial charge in [0.2, 0.25) is 10.0 Å². The number of primary amides is 1. The van der Waals surface area contributed by atoms with Gasteiger partial charge in [0, 0.05) is 45.5 Å². The number of hydrogen-bond acceptors (Lipinski definition) is 7. The Labute approximate surface area is 224 Å². The van der Waals surface area contributed by atoms with Gasteiger partial charge in [0.1, 0.15) is 11.4 Å². The van der Waals surface area contributed by atoms with Gasteiger partial charge >= 0.3 is 0 Å². The van der Waals surface area contributed by atoms with Gasteiger partial charge in [0.25, 0.3) is 11.8 Å². The van der Waals surface area contributed by atoms with Crippen LogP contribution in [0.2, 0.25) is 0 Å². The van der Waals surface area contributed by atoms with Crippen LogP contribution in [0.25, 0.3) is 0 Å². The first kappa shape index (κ1) is 29.6. The van der Waals surface area contributed by atoms with E-state index in [1.807, 2.05) is 31.9 Å². The monoisotopic (exact) mass is 551 g/mol. The maximum Gasteiger partial charge on any atom is 0.267 e. The summed E-state index contributed by atoms with van der Waals surface area (Å²) >= 11 is 0. The number of nitrogens with zero attached hydrogens (tertiary/aromatic N) is 3. The van der Waals surface area contributed by atoms with Crippen molar-refractivity contribution in [2.24, 2.45) is 5.73 Å². The van der Waals surface area contributed by atoms with Crippen LogP contribution in [0.5, 0.6) is 5.75 Å². The highest BCUT2D eigenvalue weighted by Gasteiger charge is 2.30. The molecule has 0 saturated carbocycles. The van der Waals surface area contributed by atoms with Crippen LogP contribution < -0.4 is 15.8 Å². The van der Waals surface area contributed by atoms with E-state index in [0.29, 0.717) is 51.3 Å². The Hall–Kier alpha value is -2.93. The van der Waals surface area contributed by atoms with Crippen molar-refractivity contribution in [2.45, 2.75) is 51.5 Å². The van der Waals surface area contributed by atoms with Crippen molar-refractivity contribution in [3.8, 4) is 5.75 Å². The Balaban J connectivity index is 1.98. The van der Waals surface area contributed by atoms with E-state index >= 15 is 0 Å². The Morgan fingerprint density at radius 1 is 1.16 bits per heavy atom. The molecule has 0 aliphatic carbocycles. The standard InChI is InChI=1S/C26H39N5O6S/c1-4-7-19-18-30(6-3)24(25(27)33)23(19)28-26(34)21-17-20(8-9-22(21)37-16-5-2)38(35,36)31-12-10-29(11-13-31)14-15-32/h8-9,17-18,32H,4-7,10-16H2,1-3H3,(H2,27,33)(H,28,34)/i26+2. The largest absolute Gasteiger partial charge is 0.493 e. The van der Waals surface area contributed by atoms with E-state index in [-0.39, 0.29) is 41.6 Å². The summed E-state index contributed by atoms with van der Waals surface area (Å²) in [7, 11) is -3.87. The van der Waals surface area contributed by atoms with Crippen LogP contribution in [0.4, 0.5) is 5.69 Å². The molecule has 0 spiro atoms. The minimum atomic E-state index is -3.87.